The lowest BCUT2D eigenvalue weighted by molar-refractivity contribution is -0.125. The number of benzene rings is 1. The van der Waals surface area contributed by atoms with Crippen molar-refractivity contribution in [1.29, 1.82) is 0 Å². The standard InChI is InChI=1S/C19H29N3O4/c1-2-3-14-10-17(22-21-14)19(24)20-16-8-9-25-12-18(16)26-15-6-4-13(11-23)5-7-15/h4-7,14,16-18,21-23H,2-3,8-12H2,1H3,(H,20,24)/t14?,16-,17?,18-/m1/s1. The quantitative estimate of drug-likeness (QED) is 0.575. The van der Waals surface area contributed by atoms with Gasteiger partial charge in [-0.15, -0.1) is 0 Å². The molecule has 4 atom stereocenters. The highest BCUT2D eigenvalue weighted by Crippen LogP contribution is 2.19. The van der Waals surface area contributed by atoms with Crippen molar-refractivity contribution < 1.29 is 19.4 Å². The van der Waals surface area contributed by atoms with E-state index in [0.29, 0.717) is 25.0 Å². The van der Waals surface area contributed by atoms with E-state index in [-0.39, 0.29) is 30.7 Å². The molecule has 2 fully saturated rings. The zero-order valence-corrected chi connectivity index (χ0v) is 15.2. The number of hydrogen-bond donors (Lipinski definition) is 4. The van der Waals surface area contributed by atoms with E-state index in [9.17, 15) is 4.79 Å². The predicted octanol–water partition coefficient (Wildman–Crippen LogP) is 0.867. The Hall–Kier alpha value is -1.67. The summed E-state index contributed by atoms with van der Waals surface area (Å²) in [6.07, 6.45) is 3.46. The molecule has 1 amide bonds. The molecule has 7 nitrogen and oxygen atoms in total. The predicted molar refractivity (Wildman–Crippen MR) is 97.5 cm³/mol. The lowest BCUT2D eigenvalue weighted by atomic mass is 10.0. The Morgan fingerprint density at radius 3 is 2.88 bits per heavy atom. The van der Waals surface area contributed by atoms with Crippen molar-refractivity contribution in [3.8, 4) is 5.75 Å². The van der Waals surface area contributed by atoms with Crippen LogP contribution in [0.15, 0.2) is 24.3 Å². The molecule has 26 heavy (non-hydrogen) atoms. The van der Waals surface area contributed by atoms with Crippen molar-refractivity contribution in [3.05, 3.63) is 29.8 Å². The molecule has 1 aromatic carbocycles. The molecule has 0 aliphatic carbocycles. The number of nitrogens with one attached hydrogen (secondary N) is 3. The topological polar surface area (TPSA) is 91.9 Å². The molecule has 2 aliphatic heterocycles. The van der Waals surface area contributed by atoms with Gasteiger partial charge in [0.2, 0.25) is 5.91 Å². The number of rotatable bonds is 7. The van der Waals surface area contributed by atoms with Crippen molar-refractivity contribution in [2.45, 2.75) is 63.4 Å². The van der Waals surface area contributed by atoms with Crippen LogP contribution < -0.4 is 20.9 Å². The van der Waals surface area contributed by atoms with Crippen LogP contribution in [0.4, 0.5) is 0 Å². The summed E-state index contributed by atoms with van der Waals surface area (Å²) in [6.45, 7) is 3.21. The normalized spacial score (nSPS) is 28.7. The minimum atomic E-state index is -0.228. The summed E-state index contributed by atoms with van der Waals surface area (Å²) in [6, 6.07) is 7.37. The Balaban J connectivity index is 1.55. The van der Waals surface area contributed by atoms with Gasteiger partial charge in [0.15, 0.2) is 0 Å². The van der Waals surface area contributed by atoms with Crippen LogP contribution in [0.5, 0.6) is 5.75 Å². The highest BCUT2D eigenvalue weighted by molar-refractivity contribution is 5.82. The first-order valence-corrected chi connectivity index (χ1v) is 9.45. The number of hydrogen-bond acceptors (Lipinski definition) is 6. The molecule has 2 saturated heterocycles. The van der Waals surface area contributed by atoms with Gasteiger partial charge in [0.25, 0.3) is 0 Å². The summed E-state index contributed by atoms with van der Waals surface area (Å²) in [5.41, 5.74) is 7.14. The molecule has 2 heterocycles. The van der Waals surface area contributed by atoms with E-state index in [0.717, 1.165) is 31.2 Å². The van der Waals surface area contributed by atoms with Gasteiger partial charge in [-0.3, -0.25) is 10.2 Å². The van der Waals surface area contributed by atoms with Gasteiger partial charge in [-0.1, -0.05) is 25.5 Å². The SMILES string of the molecule is CCCC1CC(C(=O)N[C@@H]2CCOC[C@H]2Oc2ccc(CO)cc2)NN1. The summed E-state index contributed by atoms with van der Waals surface area (Å²) in [5, 5.41) is 12.3. The number of aliphatic hydroxyl groups excluding tert-OH is 1. The highest BCUT2D eigenvalue weighted by atomic mass is 16.5. The van der Waals surface area contributed by atoms with E-state index in [1.807, 2.05) is 24.3 Å². The van der Waals surface area contributed by atoms with Crippen molar-refractivity contribution in [2.75, 3.05) is 13.2 Å². The largest absolute Gasteiger partial charge is 0.486 e. The molecule has 0 spiro atoms. The van der Waals surface area contributed by atoms with Crippen LogP contribution >= 0.6 is 0 Å². The number of hydrazine groups is 1. The van der Waals surface area contributed by atoms with Crippen LogP contribution in [0, 0.1) is 0 Å². The fraction of sp³-hybridized carbons (Fsp3) is 0.632. The third-order valence-corrected chi connectivity index (χ3v) is 4.96. The van der Waals surface area contributed by atoms with Gasteiger partial charge in [-0.25, -0.2) is 5.43 Å². The first-order valence-electron chi connectivity index (χ1n) is 9.45. The van der Waals surface area contributed by atoms with Crippen LogP contribution in [0.2, 0.25) is 0 Å². The summed E-state index contributed by atoms with van der Waals surface area (Å²) in [4.78, 5) is 12.6. The fourth-order valence-corrected chi connectivity index (χ4v) is 3.46. The van der Waals surface area contributed by atoms with Gasteiger partial charge in [-0.05, 0) is 37.0 Å². The molecule has 144 valence electrons. The Morgan fingerprint density at radius 1 is 1.35 bits per heavy atom. The van der Waals surface area contributed by atoms with Gasteiger partial charge in [0.1, 0.15) is 17.9 Å². The van der Waals surface area contributed by atoms with Gasteiger partial charge in [-0.2, -0.15) is 0 Å². The zero-order valence-electron chi connectivity index (χ0n) is 15.2. The lowest BCUT2D eigenvalue weighted by Crippen LogP contribution is -2.55. The van der Waals surface area contributed by atoms with Crippen LogP contribution in [0.1, 0.15) is 38.2 Å². The Labute approximate surface area is 154 Å². The van der Waals surface area contributed by atoms with Crippen LogP contribution in [-0.2, 0) is 16.1 Å². The summed E-state index contributed by atoms with van der Waals surface area (Å²) in [7, 11) is 0. The maximum atomic E-state index is 12.6. The number of aliphatic hydroxyl groups is 1. The second-order valence-corrected chi connectivity index (χ2v) is 7.00. The number of carbonyl (C=O) groups excluding carboxylic acids is 1. The van der Waals surface area contributed by atoms with Crippen molar-refractivity contribution in [2.24, 2.45) is 0 Å². The van der Waals surface area contributed by atoms with Crippen LogP contribution in [0.3, 0.4) is 0 Å². The average molecular weight is 363 g/mol. The van der Waals surface area contributed by atoms with Crippen molar-refractivity contribution in [1.82, 2.24) is 16.2 Å². The molecule has 1 aromatic rings. The third-order valence-electron chi connectivity index (χ3n) is 4.96. The van der Waals surface area contributed by atoms with E-state index in [1.165, 1.54) is 0 Å². The minimum absolute atomic E-state index is 0.00670. The van der Waals surface area contributed by atoms with E-state index < -0.39 is 0 Å². The van der Waals surface area contributed by atoms with Crippen LogP contribution in [-0.4, -0.2) is 48.5 Å². The van der Waals surface area contributed by atoms with Gasteiger partial charge in [0.05, 0.1) is 19.3 Å². The Morgan fingerprint density at radius 2 is 2.15 bits per heavy atom. The van der Waals surface area contributed by atoms with Crippen molar-refractivity contribution in [3.63, 3.8) is 0 Å². The van der Waals surface area contributed by atoms with E-state index in [1.54, 1.807) is 0 Å². The van der Waals surface area contributed by atoms with Crippen LogP contribution in [0.25, 0.3) is 0 Å². The van der Waals surface area contributed by atoms with Gasteiger partial charge >= 0.3 is 0 Å². The molecular formula is C19H29N3O4. The highest BCUT2D eigenvalue weighted by Gasteiger charge is 2.34. The van der Waals surface area contributed by atoms with Crippen molar-refractivity contribution >= 4 is 5.91 Å². The zero-order chi connectivity index (χ0) is 18.4. The first kappa shape index (κ1) is 19.1. The average Bonchev–Trinajstić information content (AvgIpc) is 3.13. The Kier molecular flexibility index (Phi) is 6.85. The maximum absolute atomic E-state index is 12.6. The number of carbonyl (C=O) groups is 1. The van der Waals surface area contributed by atoms with Gasteiger partial charge in [0, 0.05) is 12.6 Å². The molecule has 0 saturated carbocycles. The van der Waals surface area contributed by atoms with E-state index >= 15 is 0 Å². The first-order chi connectivity index (χ1) is 12.7. The molecule has 7 heteroatoms. The number of amides is 1. The third kappa shape index (κ3) is 4.94. The molecular weight excluding hydrogens is 334 g/mol. The smallest absolute Gasteiger partial charge is 0.238 e. The molecule has 4 N–H and O–H groups in total. The molecule has 0 bridgehead atoms. The molecule has 2 unspecified atom stereocenters. The van der Waals surface area contributed by atoms with Gasteiger partial charge < -0.3 is 19.9 Å². The molecule has 2 aliphatic rings. The molecule has 3 rings (SSSR count). The second-order valence-electron chi connectivity index (χ2n) is 7.00. The minimum Gasteiger partial charge on any atom is -0.486 e. The summed E-state index contributed by atoms with van der Waals surface area (Å²) in [5.74, 6) is 0.716. The summed E-state index contributed by atoms with van der Waals surface area (Å²) >= 11 is 0. The fourth-order valence-electron chi connectivity index (χ4n) is 3.46. The van der Waals surface area contributed by atoms with E-state index in [4.69, 9.17) is 14.6 Å². The summed E-state index contributed by atoms with van der Waals surface area (Å²) < 4.78 is 11.6. The maximum Gasteiger partial charge on any atom is 0.238 e. The monoisotopic (exact) mass is 363 g/mol. The lowest BCUT2D eigenvalue weighted by Gasteiger charge is -2.33. The Bertz CT molecular complexity index is 581. The second kappa shape index (κ2) is 9.32. The number of ether oxygens (including phenoxy) is 2. The molecule has 0 radical (unpaired) electrons. The van der Waals surface area contributed by atoms with E-state index in [2.05, 4.69) is 23.1 Å². The molecule has 0 aromatic heterocycles.